The van der Waals surface area contributed by atoms with Crippen molar-refractivity contribution >= 4 is 0 Å². The highest BCUT2D eigenvalue weighted by atomic mass is 16.5. The molecule has 1 aromatic carbocycles. The first kappa shape index (κ1) is 11.1. The van der Waals surface area contributed by atoms with Crippen LogP contribution in [0.4, 0.5) is 0 Å². The van der Waals surface area contributed by atoms with E-state index in [0.717, 1.165) is 17.9 Å². The Morgan fingerprint density at radius 2 is 2.33 bits per heavy atom. The van der Waals surface area contributed by atoms with Crippen LogP contribution in [0, 0.1) is 6.92 Å². The minimum atomic E-state index is 0.0991. The lowest BCUT2D eigenvalue weighted by atomic mass is 10.1. The molecule has 0 saturated heterocycles. The summed E-state index contributed by atoms with van der Waals surface area (Å²) in [5.74, 6) is 1.77. The van der Waals surface area contributed by atoms with Gasteiger partial charge in [0.05, 0.1) is 6.20 Å². The average molecular weight is 241 g/mol. The van der Waals surface area contributed by atoms with Crippen LogP contribution in [0.2, 0.25) is 0 Å². The van der Waals surface area contributed by atoms with Gasteiger partial charge in [-0.1, -0.05) is 17.7 Å². The Balaban J connectivity index is 1.61. The Labute approximate surface area is 106 Å². The zero-order chi connectivity index (χ0) is 12.4. The summed E-state index contributed by atoms with van der Waals surface area (Å²) in [7, 11) is 0. The highest BCUT2D eigenvalue weighted by Crippen LogP contribution is 2.29. The molecule has 0 spiro atoms. The van der Waals surface area contributed by atoms with Crippen LogP contribution in [0.3, 0.4) is 0 Å². The fourth-order valence-corrected chi connectivity index (χ4v) is 2.16. The van der Waals surface area contributed by atoms with Gasteiger partial charge >= 0.3 is 0 Å². The minimum Gasteiger partial charge on any atom is -0.488 e. The monoisotopic (exact) mass is 241 g/mol. The maximum Gasteiger partial charge on any atom is 0.137 e. The van der Waals surface area contributed by atoms with Crippen LogP contribution in [-0.4, -0.2) is 17.7 Å². The average Bonchev–Trinajstić information content (AvgIpc) is 2.79. The molecule has 1 atom stereocenters. The van der Waals surface area contributed by atoms with Crippen LogP contribution < -0.4 is 9.47 Å². The lowest BCUT2D eigenvalue weighted by molar-refractivity contribution is 0.148. The smallest absolute Gasteiger partial charge is 0.137 e. The van der Waals surface area contributed by atoms with Crippen LogP contribution in [0.25, 0.3) is 0 Å². The van der Waals surface area contributed by atoms with E-state index < -0.39 is 0 Å². The molecule has 0 saturated carbocycles. The molecule has 3 heteroatoms. The van der Waals surface area contributed by atoms with Gasteiger partial charge in [-0.15, -0.1) is 0 Å². The molecule has 1 aromatic heterocycles. The quantitative estimate of drug-likeness (QED) is 0.828. The molecule has 2 heterocycles. The highest BCUT2D eigenvalue weighted by molar-refractivity contribution is 5.40. The lowest BCUT2D eigenvalue weighted by Gasteiger charge is -2.11. The van der Waals surface area contributed by atoms with E-state index in [1.54, 1.807) is 12.4 Å². The number of ether oxygens (including phenoxy) is 2. The molecule has 18 heavy (non-hydrogen) atoms. The van der Waals surface area contributed by atoms with Crippen molar-refractivity contribution in [3.8, 4) is 11.5 Å². The molecule has 1 unspecified atom stereocenters. The zero-order valence-corrected chi connectivity index (χ0v) is 10.3. The summed E-state index contributed by atoms with van der Waals surface area (Å²) in [5.41, 5.74) is 2.54. The first-order valence-electron chi connectivity index (χ1n) is 6.10. The van der Waals surface area contributed by atoms with E-state index in [4.69, 9.17) is 9.47 Å². The van der Waals surface area contributed by atoms with Crippen LogP contribution >= 0.6 is 0 Å². The van der Waals surface area contributed by atoms with E-state index in [9.17, 15) is 0 Å². The van der Waals surface area contributed by atoms with Crippen LogP contribution in [0.15, 0.2) is 42.7 Å². The summed E-state index contributed by atoms with van der Waals surface area (Å²) in [6.45, 7) is 2.65. The Morgan fingerprint density at radius 3 is 3.17 bits per heavy atom. The molecular weight excluding hydrogens is 226 g/mol. The van der Waals surface area contributed by atoms with Gasteiger partial charge in [-0.25, -0.2) is 0 Å². The number of aromatic nitrogens is 1. The molecule has 0 bridgehead atoms. The molecule has 1 aliphatic rings. The number of aryl methyl sites for hydroxylation is 1. The number of hydrogen-bond acceptors (Lipinski definition) is 3. The van der Waals surface area contributed by atoms with Gasteiger partial charge in [0.1, 0.15) is 24.2 Å². The molecule has 1 aliphatic heterocycles. The van der Waals surface area contributed by atoms with Crippen LogP contribution in [0.1, 0.15) is 11.1 Å². The van der Waals surface area contributed by atoms with Gasteiger partial charge in [-0.3, -0.25) is 4.98 Å². The number of pyridine rings is 1. The van der Waals surface area contributed by atoms with Crippen molar-refractivity contribution in [3.05, 3.63) is 53.9 Å². The van der Waals surface area contributed by atoms with Crippen molar-refractivity contribution in [2.24, 2.45) is 0 Å². The normalized spacial score (nSPS) is 17.1. The third kappa shape index (κ3) is 2.30. The van der Waals surface area contributed by atoms with Crippen molar-refractivity contribution in [3.63, 3.8) is 0 Å². The second kappa shape index (κ2) is 4.69. The van der Waals surface area contributed by atoms with Gasteiger partial charge in [0.2, 0.25) is 0 Å². The van der Waals surface area contributed by atoms with E-state index in [1.165, 1.54) is 11.1 Å². The summed E-state index contributed by atoms with van der Waals surface area (Å²) in [6, 6.07) is 10.1. The largest absolute Gasteiger partial charge is 0.488 e. The number of nitrogens with zero attached hydrogens (tertiary/aromatic N) is 1. The number of rotatable bonds is 3. The number of fused-ring (bicyclic) bond motifs is 1. The van der Waals surface area contributed by atoms with Gasteiger partial charge in [0.25, 0.3) is 0 Å². The van der Waals surface area contributed by atoms with Crippen LogP contribution in [0.5, 0.6) is 11.5 Å². The SMILES string of the molecule is Cc1ccc2c(c1)CC(COc1cccnc1)O2. The van der Waals surface area contributed by atoms with E-state index in [-0.39, 0.29) is 6.10 Å². The Hall–Kier alpha value is -2.03. The predicted octanol–water partition coefficient (Wildman–Crippen LogP) is 2.77. The summed E-state index contributed by atoms with van der Waals surface area (Å²) < 4.78 is 11.5. The molecule has 3 rings (SSSR count). The van der Waals surface area contributed by atoms with Crippen molar-refractivity contribution in [2.45, 2.75) is 19.4 Å². The van der Waals surface area contributed by atoms with E-state index >= 15 is 0 Å². The Morgan fingerprint density at radius 1 is 1.39 bits per heavy atom. The number of benzene rings is 1. The van der Waals surface area contributed by atoms with E-state index in [1.807, 2.05) is 18.2 Å². The first-order valence-corrected chi connectivity index (χ1v) is 6.10. The standard InChI is InChI=1S/C15H15NO2/c1-11-4-5-15-12(7-11)8-14(18-15)10-17-13-3-2-6-16-9-13/h2-7,9,14H,8,10H2,1H3. The predicted molar refractivity (Wildman–Crippen MR) is 69.0 cm³/mol. The van der Waals surface area contributed by atoms with Gasteiger partial charge in [-0.05, 0) is 30.7 Å². The maximum absolute atomic E-state index is 5.84. The molecule has 0 fully saturated rings. The Kier molecular flexibility index (Phi) is 2.89. The van der Waals surface area contributed by atoms with Crippen molar-refractivity contribution < 1.29 is 9.47 Å². The Bertz CT molecular complexity index is 539. The van der Waals surface area contributed by atoms with Gasteiger partial charge < -0.3 is 9.47 Å². The summed E-state index contributed by atoms with van der Waals surface area (Å²) in [6.07, 6.45) is 4.46. The minimum absolute atomic E-state index is 0.0991. The zero-order valence-electron chi connectivity index (χ0n) is 10.3. The summed E-state index contributed by atoms with van der Waals surface area (Å²) in [4.78, 5) is 4.02. The fraction of sp³-hybridized carbons (Fsp3) is 0.267. The number of hydrogen-bond donors (Lipinski definition) is 0. The second-order valence-electron chi connectivity index (χ2n) is 4.55. The molecule has 0 aliphatic carbocycles. The maximum atomic E-state index is 5.84. The lowest BCUT2D eigenvalue weighted by Crippen LogP contribution is -2.22. The van der Waals surface area contributed by atoms with E-state index in [2.05, 4.69) is 24.0 Å². The van der Waals surface area contributed by atoms with Gasteiger partial charge in [0, 0.05) is 12.6 Å². The molecular formula is C15H15NO2. The summed E-state index contributed by atoms with van der Waals surface area (Å²) >= 11 is 0. The second-order valence-corrected chi connectivity index (χ2v) is 4.55. The van der Waals surface area contributed by atoms with Gasteiger partial charge in [0.15, 0.2) is 0 Å². The molecule has 3 nitrogen and oxygen atoms in total. The molecule has 92 valence electrons. The van der Waals surface area contributed by atoms with Crippen molar-refractivity contribution in [1.82, 2.24) is 4.98 Å². The molecule has 0 radical (unpaired) electrons. The van der Waals surface area contributed by atoms with Crippen molar-refractivity contribution in [1.29, 1.82) is 0 Å². The van der Waals surface area contributed by atoms with Gasteiger partial charge in [-0.2, -0.15) is 0 Å². The third-order valence-corrected chi connectivity index (χ3v) is 3.03. The van der Waals surface area contributed by atoms with Crippen molar-refractivity contribution in [2.75, 3.05) is 6.61 Å². The highest BCUT2D eigenvalue weighted by Gasteiger charge is 2.23. The van der Waals surface area contributed by atoms with E-state index in [0.29, 0.717) is 6.61 Å². The third-order valence-electron chi connectivity index (χ3n) is 3.03. The molecule has 0 amide bonds. The summed E-state index contributed by atoms with van der Waals surface area (Å²) in [5, 5.41) is 0. The van der Waals surface area contributed by atoms with Crippen LogP contribution in [-0.2, 0) is 6.42 Å². The topological polar surface area (TPSA) is 31.4 Å². The fourth-order valence-electron chi connectivity index (χ4n) is 2.16. The molecule has 0 N–H and O–H groups in total. The molecule has 2 aromatic rings. The first-order chi connectivity index (χ1) is 8.81.